The third-order valence-electron chi connectivity index (χ3n) is 3.63. The number of rotatable bonds is 5. The molecular weight excluding hydrogens is 393 g/mol. The second kappa shape index (κ2) is 7.77. The zero-order chi connectivity index (χ0) is 20.3. The predicted octanol–water partition coefficient (Wildman–Crippen LogP) is 5.59. The third-order valence-corrected chi connectivity index (χ3v) is 4.51. The number of alkyl halides is 3. The average Bonchev–Trinajstić information content (AvgIpc) is 3.33. The van der Waals surface area contributed by atoms with E-state index in [-0.39, 0.29) is 10.7 Å². The van der Waals surface area contributed by atoms with E-state index in [1.807, 2.05) is 31.2 Å². The Morgan fingerprint density at radius 1 is 1.21 bits per heavy atom. The number of carbonyl (C=O) groups excluding carboxylic acids is 1. The summed E-state index contributed by atoms with van der Waals surface area (Å²) in [6.45, 7) is 1.93. The molecule has 0 radical (unpaired) electrons. The van der Waals surface area contributed by atoms with E-state index in [1.54, 1.807) is 5.38 Å². The maximum absolute atomic E-state index is 12.9. The Labute approximate surface area is 161 Å². The van der Waals surface area contributed by atoms with Crippen LogP contribution in [-0.4, -0.2) is 27.3 Å². The number of nitrogens with zero attached hydrogens (tertiary/aromatic N) is 3. The largest absolute Gasteiger partial charge is 0.504 e. The normalized spacial score (nSPS) is 13.0. The van der Waals surface area contributed by atoms with Gasteiger partial charge in [-0.15, -0.1) is 21.6 Å². The zero-order valence-corrected chi connectivity index (χ0v) is 15.2. The average molecular weight is 406 g/mol. The van der Waals surface area contributed by atoms with Crippen molar-refractivity contribution in [1.29, 1.82) is 0 Å². The molecule has 0 saturated heterocycles. The van der Waals surface area contributed by atoms with Crippen molar-refractivity contribution in [3.63, 3.8) is 0 Å². The number of nitrogens with one attached hydrogen (secondary N) is 1. The Kier molecular flexibility index (Phi) is 5.41. The number of hydrogen-bond donors (Lipinski definition) is 2. The number of thiophene rings is 1. The van der Waals surface area contributed by atoms with E-state index in [4.69, 9.17) is 0 Å². The van der Waals surface area contributed by atoms with Gasteiger partial charge in [0.25, 0.3) is 5.78 Å². The first-order valence-electron chi connectivity index (χ1n) is 7.88. The minimum Gasteiger partial charge on any atom is -0.504 e. The first kappa shape index (κ1) is 19.5. The van der Waals surface area contributed by atoms with Crippen LogP contribution in [0.25, 0.3) is 17.0 Å². The number of aromatic amines is 1. The summed E-state index contributed by atoms with van der Waals surface area (Å²) < 4.78 is 38.6. The molecule has 28 heavy (non-hydrogen) atoms. The van der Waals surface area contributed by atoms with Crippen molar-refractivity contribution in [2.75, 3.05) is 0 Å². The standard InChI is InChI=1S/C18H13F3N4O2S/c1-10-4-6-11(7-5-10)12-9-14(23-22-12)24-25-15(17(27)18(19,20)21)16(26)13-3-2-8-28-13/h2-9,26H,1H3,(H,22,23). The van der Waals surface area contributed by atoms with Gasteiger partial charge in [0.2, 0.25) is 0 Å². The summed E-state index contributed by atoms with van der Waals surface area (Å²) >= 11 is 0.961. The Bertz CT molecular complexity index is 1040. The van der Waals surface area contributed by atoms with Crippen molar-refractivity contribution in [2.24, 2.45) is 10.2 Å². The molecule has 2 heterocycles. The molecule has 0 fully saturated rings. The first-order valence-corrected chi connectivity index (χ1v) is 8.76. The molecule has 0 amide bonds. The summed E-state index contributed by atoms with van der Waals surface area (Å²) in [6, 6.07) is 11.8. The van der Waals surface area contributed by atoms with Gasteiger partial charge in [0.1, 0.15) is 0 Å². The van der Waals surface area contributed by atoms with Crippen LogP contribution in [0.5, 0.6) is 0 Å². The fraction of sp³-hybridized carbons (Fsp3) is 0.111. The van der Waals surface area contributed by atoms with Crippen LogP contribution in [0, 0.1) is 6.92 Å². The van der Waals surface area contributed by atoms with Crippen LogP contribution in [0.15, 0.2) is 63.8 Å². The molecule has 0 unspecified atom stereocenters. The number of allylic oxidation sites excluding steroid dienone is 1. The topological polar surface area (TPSA) is 90.7 Å². The fourth-order valence-corrected chi connectivity index (χ4v) is 2.88. The van der Waals surface area contributed by atoms with Gasteiger partial charge in [-0.05, 0) is 23.9 Å². The van der Waals surface area contributed by atoms with E-state index in [9.17, 15) is 23.1 Å². The molecule has 1 aromatic carbocycles. The van der Waals surface area contributed by atoms with Crippen LogP contribution < -0.4 is 0 Å². The summed E-state index contributed by atoms with van der Waals surface area (Å²) in [6.07, 6.45) is -5.21. The molecule has 2 aromatic heterocycles. The minimum atomic E-state index is -5.21. The second-order valence-electron chi connectivity index (χ2n) is 5.71. The summed E-state index contributed by atoms with van der Waals surface area (Å²) in [7, 11) is 0. The summed E-state index contributed by atoms with van der Waals surface area (Å²) in [4.78, 5) is 11.7. The van der Waals surface area contributed by atoms with E-state index in [2.05, 4.69) is 20.4 Å². The second-order valence-corrected chi connectivity index (χ2v) is 6.65. The van der Waals surface area contributed by atoms with E-state index >= 15 is 0 Å². The van der Waals surface area contributed by atoms with Gasteiger partial charge in [-0.2, -0.15) is 18.3 Å². The molecule has 0 atom stereocenters. The van der Waals surface area contributed by atoms with Gasteiger partial charge >= 0.3 is 6.18 Å². The van der Waals surface area contributed by atoms with Crippen LogP contribution in [-0.2, 0) is 4.79 Å². The van der Waals surface area contributed by atoms with E-state index in [1.165, 1.54) is 18.2 Å². The maximum atomic E-state index is 12.9. The molecule has 0 spiro atoms. The number of carbonyl (C=O) groups is 1. The van der Waals surface area contributed by atoms with Crippen molar-refractivity contribution < 1.29 is 23.1 Å². The number of aliphatic hydroxyl groups is 1. The summed E-state index contributed by atoms with van der Waals surface area (Å²) in [5.74, 6) is -3.23. The molecule has 0 saturated carbocycles. The number of hydrogen-bond acceptors (Lipinski definition) is 6. The highest BCUT2D eigenvalue weighted by molar-refractivity contribution is 7.11. The molecule has 6 nitrogen and oxygen atoms in total. The Morgan fingerprint density at radius 3 is 2.54 bits per heavy atom. The molecule has 2 N–H and O–H groups in total. The fourth-order valence-electron chi connectivity index (χ4n) is 2.21. The Hall–Kier alpha value is -3.27. The van der Waals surface area contributed by atoms with Crippen LogP contribution in [0.2, 0.25) is 0 Å². The molecule has 0 aliphatic rings. The third kappa shape index (κ3) is 4.34. The first-order chi connectivity index (χ1) is 13.3. The quantitative estimate of drug-likeness (QED) is 0.329. The van der Waals surface area contributed by atoms with Gasteiger partial charge in [0, 0.05) is 6.07 Å². The zero-order valence-electron chi connectivity index (χ0n) is 14.4. The molecule has 144 valence electrons. The highest BCUT2D eigenvalue weighted by Crippen LogP contribution is 2.29. The number of ketones is 1. The molecule has 3 rings (SSSR count). The monoisotopic (exact) mass is 406 g/mol. The molecular formula is C18H13F3N4O2S. The van der Waals surface area contributed by atoms with E-state index in [0.717, 1.165) is 22.5 Å². The summed E-state index contributed by atoms with van der Waals surface area (Å²) in [5, 5.41) is 25.1. The Morgan fingerprint density at radius 2 is 1.93 bits per heavy atom. The van der Waals surface area contributed by atoms with Crippen molar-refractivity contribution >= 4 is 28.7 Å². The number of benzene rings is 1. The van der Waals surface area contributed by atoms with Gasteiger partial charge in [-0.3, -0.25) is 9.89 Å². The van der Waals surface area contributed by atoms with Crippen molar-refractivity contribution in [3.05, 3.63) is 64.0 Å². The molecule has 0 aliphatic heterocycles. The number of H-pyrrole nitrogens is 1. The number of aryl methyl sites for hydroxylation is 1. The summed E-state index contributed by atoms with van der Waals surface area (Å²) in [5.41, 5.74) is 1.23. The van der Waals surface area contributed by atoms with Gasteiger partial charge in [-0.1, -0.05) is 35.9 Å². The molecule has 0 aliphatic carbocycles. The van der Waals surface area contributed by atoms with E-state index in [0.29, 0.717) is 5.69 Å². The van der Waals surface area contributed by atoms with Crippen LogP contribution in [0.4, 0.5) is 19.0 Å². The van der Waals surface area contributed by atoms with Gasteiger partial charge in [-0.25, -0.2) is 0 Å². The van der Waals surface area contributed by atoms with E-state index < -0.39 is 23.4 Å². The lowest BCUT2D eigenvalue weighted by Crippen LogP contribution is -2.24. The maximum Gasteiger partial charge on any atom is 0.456 e. The number of aromatic nitrogens is 2. The SMILES string of the molecule is Cc1ccc(-c2cc(N=NC(C(=O)C(F)(F)F)=C(O)c3cccs3)n[nH]2)cc1. The number of aliphatic hydroxyl groups excluding tert-OH is 1. The number of halogens is 3. The smallest absolute Gasteiger partial charge is 0.456 e. The highest BCUT2D eigenvalue weighted by Gasteiger charge is 2.43. The van der Waals surface area contributed by atoms with Crippen LogP contribution in [0.1, 0.15) is 10.4 Å². The number of azo groups is 1. The van der Waals surface area contributed by atoms with Crippen molar-refractivity contribution in [1.82, 2.24) is 10.2 Å². The Balaban J connectivity index is 1.93. The van der Waals surface area contributed by atoms with Crippen molar-refractivity contribution in [2.45, 2.75) is 13.1 Å². The minimum absolute atomic E-state index is 0.0398. The molecule has 10 heteroatoms. The van der Waals surface area contributed by atoms with Crippen molar-refractivity contribution in [3.8, 4) is 11.3 Å². The lowest BCUT2D eigenvalue weighted by atomic mass is 10.1. The highest BCUT2D eigenvalue weighted by atomic mass is 32.1. The molecule has 3 aromatic rings. The lowest BCUT2D eigenvalue weighted by molar-refractivity contribution is -0.166. The molecule has 0 bridgehead atoms. The van der Waals surface area contributed by atoms with Gasteiger partial charge in [0.15, 0.2) is 17.3 Å². The van der Waals surface area contributed by atoms with Gasteiger partial charge in [0.05, 0.1) is 10.6 Å². The number of Topliss-reactive ketones (excluding diaryl/α,β-unsaturated/α-hetero) is 1. The lowest BCUT2D eigenvalue weighted by Gasteiger charge is -2.06. The van der Waals surface area contributed by atoms with Gasteiger partial charge < -0.3 is 5.11 Å². The van der Waals surface area contributed by atoms with Crippen LogP contribution >= 0.6 is 11.3 Å². The van der Waals surface area contributed by atoms with Crippen LogP contribution in [0.3, 0.4) is 0 Å². The predicted molar refractivity (Wildman–Crippen MR) is 98.2 cm³/mol.